The Balaban J connectivity index is 2.67. The summed E-state index contributed by atoms with van der Waals surface area (Å²) in [7, 11) is 4.19. The lowest BCUT2D eigenvalue weighted by molar-refractivity contribution is -0.879. The van der Waals surface area contributed by atoms with E-state index in [4.69, 9.17) is 4.74 Å². The minimum Gasteiger partial charge on any atom is -0.507 e. The quantitative estimate of drug-likeness (QED) is 0.266. The van der Waals surface area contributed by atoms with Gasteiger partial charge in [0.05, 0.1) is 20.6 Å². The molecule has 0 aliphatic carbocycles. The lowest BCUT2D eigenvalue weighted by Gasteiger charge is -2.22. The van der Waals surface area contributed by atoms with Crippen LogP contribution in [0.25, 0.3) is 0 Å². The van der Waals surface area contributed by atoms with Gasteiger partial charge in [-0.1, -0.05) is 19.2 Å². The van der Waals surface area contributed by atoms with Crippen LogP contribution in [0.4, 0.5) is 0 Å². The zero-order chi connectivity index (χ0) is 13.1. The second-order valence-electron chi connectivity index (χ2n) is 4.87. The van der Waals surface area contributed by atoms with Gasteiger partial charge in [-0.25, -0.2) is 4.79 Å². The maximum Gasteiger partial charge on any atom is 0.342 e. The number of hydrogen-bond acceptors (Lipinski definition) is 3. The van der Waals surface area contributed by atoms with Crippen molar-refractivity contribution in [1.82, 2.24) is 0 Å². The standard InChI is InChI=1S/C13H19NO3/c1-5-11(12(15)6-2)13(16)17-10-7-8-14(3,4)9-10/h5-6,10H,1-2,7-9H2,3-4H3/p+1. The predicted molar refractivity (Wildman–Crippen MR) is 66.4 cm³/mol. The zero-order valence-corrected chi connectivity index (χ0v) is 10.5. The van der Waals surface area contributed by atoms with E-state index >= 15 is 0 Å². The Kier molecular flexibility index (Phi) is 4.12. The van der Waals surface area contributed by atoms with E-state index in [0.29, 0.717) is 0 Å². The van der Waals surface area contributed by atoms with Crippen LogP contribution in [0.1, 0.15) is 6.42 Å². The smallest absolute Gasteiger partial charge is 0.342 e. The van der Waals surface area contributed by atoms with Crippen molar-refractivity contribution in [2.75, 3.05) is 27.2 Å². The summed E-state index contributed by atoms with van der Waals surface area (Å²) < 4.78 is 6.18. The first kappa shape index (κ1) is 13.5. The molecule has 1 heterocycles. The van der Waals surface area contributed by atoms with Gasteiger partial charge in [-0.3, -0.25) is 0 Å². The highest BCUT2D eigenvalue weighted by molar-refractivity contribution is 5.92. The van der Waals surface area contributed by atoms with Gasteiger partial charge >= 0.3 is 5.97 Å². The fraction of sp³-hybridized carbons (Fsp3) is 0.462. The number of carbonyl (C=O) groups is 1. The topological polar surface area (TPSA) is 46.5 Å². The van der Waals surface area contributed by atoms with Gasteiger partial charge in [-0.15, -0.1) is 0 Å². The molecular formula is C13H20NO3+. The van der Waals surface area contributed by atoms with Crippen LogP contribution in [-0.4, -0.2) is 48.8 Å². The van der Waals surface area contributed by atoms with E-state index in [0.717, 1.165) is 24.0 Å². The van der Waals surface area contributed by atoms with Crippen LogP contribution >= 0.6 is 0 Å². The molecule has 0 bridgehead atoms. The third-order valence-corrected chi connectivity index (χ3v) is 2.92. The van der Waals surface area contributed by atoms with Crippen LogP contribution in [0.3, 0.4) is 0 Å². The number of allylic oxidation sites excluding steroid dienone is 1. The molecule has 0 saturated carbocycles. The Bertz CT molecular complexity index is 369. The number of likely N-dealkylation sites (tertiary alicyclic amines) is 1. The largest absolute Gasteiger partial charge is 0.507 e. The van der Waals surface area contributed by atoms with Crippen molar-refractivity contribution in [3.8, 4) is 0 Å². The number of likely N-dealkylation sites (N-methyl/N-ethyl adjacent to an activating group) is 1. The highest BCUT2D eigenvalue weighted by atomic mass is 16.5. The molecule has 0 aromatic heterocycles. The van der Waals surface area contributed by atoms with Crippen molar-refractivity contribution >= 4 is 5.97 Å². The van der Waals surface area contributed by atoms with Crippen LogP contribution in [0.5, 0.6) is 0 Å². The van der Waals surface area contributed by atoms with E-state index in [9.17, 15) is 9.90 Å². The van der Waals surface area contributed by atoms with Crippen molar-refractivity contribution in [2.45, 2.75) is 12.5 Å². The predicted octanol–water partition coefficient (Wildman–Crippen LogP) is 1.56. The second-order valence-corrected chi connectivity index (χ2v) is 4.87. The van der Waals surface area contributed by atoms with E-state index in [1.807, 2.05) is 0 Å². The van der Waals surface area contributed by atoms with Gasteiger partial charge in [0.1, 0.15) is 17.9 Å². The molecule has 0 amide bonds. The number of hydrogen-bond donors (Lipinski definition) is 1. The molecule has 1 saturated heterocycles. The molecular weight excluding hydrogens is 218 g/mol. The van der Waals surface area contributed by atoms with Crippen LogP contribution in [0.2, 0.25) is 0 Å². The summed E-state index contributed by atoms with van der Waals surface area (Å²) >= 11 is 0. The van der Waals surface area contributed by atoms with Gasteiger partial charge in [0.25, 0.3) is 0 Å². The number of esters is 1. The molecule has 1 unspecified atom stereocenters. The number of aliphatic hydroxyl groups excluding tert-OH is 1. The Morgan fingerprint density at radius 1 is 1.41 bits per heavy atom. The molecule has 94 valence electrons. The van der Waals surface area contributed by atoms with E-state index in [-0.39, 0.29) is 17.4 Å². The molecule has 1 N–H and O–H groups in total. The van der Waals surface area contributed by atoms with Crippen molar-refractivity contribution in [2.24, 2.45) is 0 Å². The molecule has 1 rings (SSSR count). The lowest BCUT2D eigenvalue weighted by atomic mass is 10.2. The summed E-state index contributed by atoms with van der Waals surface area (Å²) in [5.41, 5.74) is 0.0669. The Morgan fingerprint density at radius 2 is 2.06 bits per heavy atom. The van der Waals surface area contributed by atoms with Crippen LogP contribution in [-0.2, 0) is 9.53 Å². The lowest BCUT2D eigenvalue weighted by Crippen LogP contribution is -2.38. The van der Waals surface area contributed by atoms with Gasteiger partial charge in [0.2, 0.25) is 0 Å². The SMILES string of the molecule is C=C/C(O)=C(\C=C)C(=O)OC1CC[N+](C)(C)C1. The number of carbonyl (C=O) groups excluding carboxylic acids is 1. The Labute approximate surface area is 102 Å². The van der Waals surface area contributed by atoms with E-state index < -0.39 is 5.97 Å². The first-order valence-corrected chi connectivity index (χ1v) is 5.60. The molecule has 1 fully saturated rings. The van der Waals surface area contributed by atoms with Crippen LogP contribution in [0.15, 0.2) is 36.6 Å². The average Bonchev–Trinajstić information content (AvgIpc) is 2.58. The zero-order valence-electron chi connectivity index (χ0n) is 10.5. The first-order chi connectivity index (χ1) is 7.89. The molecule has 4 heteroatoms. The molecule has 17 heavy (non-hydrogen) atoms. The number of rotatable bonds is 4. The molecule has 1 aliphatic rings. The number of quaternary nitrogens is 1. The van der Waals surface area contributed by atoms with Crippen LogP contribution in [0, 0.1) is 0 Å². The minimum absolute atomic E-state index is 0.0669. The summed E-state index contributed by atoms with van der Waals surface area (Å²) in [6, 6.07) is 0. The molecule has 0 radical (unpaired) electrons. The summed E-state index contributed by atoms with van der Waals surface area (Å²) in [5.74, 6) is -0.735. The van der Waals surface area contributed by atoms with Crippen molar-refractivity contribution in [3.63, 3.8) is 0 Å². The van der Waals surface area contributed by atoms with Gasteiger partial charge < -0.3 is 14.3 Å². The summed E-state index contributed by atoms with van der Waals surface area (Å²) in [4.78, 5) is 11.8. The molecule has 4 nitrogen and oxygen atoms in total. The van der Waals surface area contributed by atoms with E-state index in [2.05, 4.69) is 27.3 Å². The number of aliphatic hydroxyl groups is 1. The molecule has 0 aromatic rings. The van der Waals surface area contributed by atoms with Gasteiger partial charge in [0, 0.05) is 6.42 Å². The summed E-state index contributed by atoms with van der Waals surface area (Å²) in [6.45, 7) is 8.67. The molecule has 0 aromatic carbocycles. The highest BCUT2D eigenvalue weighted by Crippen LogP contribution is 2.19. The second kappa shape index (κ2) is 5.19. The van der Waals surface area contributed by atoms with Crippen LogP contribution < -0.4 is 0 Å². The average molecular weight is 238 g/mol. The normalized spacial score (nSPS) is 23.8. The molecule has 1 atom stereocenters. The van der Waals surface area contributed by atoms with Gasteiger partial charge in [-0.2, -0.15) is 0 Å². The van der Waals surface area contributed by atoms with Gasteiger partial charge in [-0.05, 0) is 6.08 Å². The van der Waals surface area contributed by atoms with Crippen molar-refractivity contribution < 1.29 is 19.1 Å². The van der Waals surface area contributed by atoms with E-state index in [1.54, 1.807) is 0 Å². The fourth-order valence-electron chi connectivity index (χ4n) is 1.94. The number of nitrogens with zero attached hydrogens (tertiary/aromatic N) is 1. The van der Waals surface area contributed by atoms with Gasteiger partial charge in [0.15, 0.2) is 6.10 Å². The summed E-state index contributed by atoms with van der Waals surface area (Å²) in [5, 5.41) is 9.45. The van der Waals surface area contributed by atoms with Crippen molar-refractivity contribution in [1.29, 1.82) is 0 Å². The van der Waals surface area contributed by atoms with Crippen molar-refractivity contribution in [3.05, 3.63) is 36.6 Å². The monoisotopic (exact) mass is 238 g/mol. The maximum atomic E-state index is 11.8. The third-order valence-electron chi connectivity index (χ3n) is 2.92. The fourth-order valence-corrected chi connectivity index (χ4v) is 1.94. The molecule has 0 spiro atoms. The minimum atomic E-state index is -0.538. The Morgan fingerprint density at radius 3 is 2.47 bits per heavy atom. The summed E-state index contributed by atoms with van der Waals surface area (Å²) in [6.07, 6.45) is 3.24. The maximum absolute atomic E-state index is 11.8. The first-order valence-electron chi connectivity index (χ1n) is 5.60. The number of ether oxygens (including phenoxy) is 1. The Hall–Kier alpha value is -1.55. The molecule has 1 aliphatic heterocycles. The van der Waals surface area contributed by atoms with E-state index in [1.165, 1.54) is 12.2 Å². The third kappa shape index (κ3) is 3.46. The highest BCUT2D eigenvalue weighted by Gasteiger charge is 2.33.